The van der Waals surface area contributed by atoms with Crippen LogP contribution in [0.1, 0.15) is 70.1 Å². The highest BCUT2D eigenvalue weighted by Gasteiger charge is 2.71. The van der Waals surface area contributed by atoms with E-state index in [2.05, 4.69) is 18.1 Å². The molecule has 0 spiro atoms. The molecule has 7 rings (SSSR count). The van der Waals surface area contributed by atoms with Crippen LogP contribution in [0.5, 0.6) is 0 Å². The fraction of sp³-hybridized carbons (Fsp3) is 0.606. The number of fused-ring (bicyclic) bond motifs is 6. The molecule has 0 bridgehead atoms. The van der Waals surface area contributed by atoms with Gasteiger partial charge in [-0.3, -0.25) is 4.79 Å². The van der Waals surface area contributed by atoms with Crippen molar-refractivity contribution < 1.29 is 33.0 Å². The third-order valence-corrected chi connectivity index (χ3v) is 12.3. The van der Waals surface area contributed by atoms with Gasteiger partial charge in [-0.15, -0.1) is 0 Å². The number of rotatable bonds is 5. The summed E-state index contributed by atoms with van der Waals surface area (Å²) in [4.78, 5) is 27.0. The van der Waals surface area contributed by atoms with E-state index >= 15 is 0 Å². The summed E-state index contributed by atoms with van der Waals surface area (Å²) in [5, 5.41) is 16.2. The fourth-order valence-corrected chi connectivity index (χ4v) is 10.4. The number of allylic oxidation sites excluding steroid dienone is 1. The molecule has 0 amide bonds. The minimum Gasteiger partial charge on any atom is -0.448 e. The number of benzene rings is 1. The normalized spacial score (nSPS) is 38.0. The van der Waals surface area contributed by atoms with Crippen LogP contribution in [0, 0.1) is 34.4 Å². The lowest BCUT2D eigenvalue weighted by Crippen LogP contribution is -2.63. The summed E-state index contributed by atoms with van der Waals surface area (Å²) >= 11 is 0.563. The van der Waals surface area contributed by atoms with Crippen LogP contribution in [-0.4, -0.2) is 56.4 Å². The molecule has 2 aromatic rings. The SMILES string of the molecule is C[C@]12Cc3cnn(-c4ccc(F)cc4)c3C=C1CC[C@@H]1[C@@H]2[C@@H](O)C[C@@]2(C)[C@H]1CC[C@]2(OC(=O)[C@H]1CCCO1)C(=O)SCF. The first-order chi connectivity index (χ1) is 20.6. The van der Waals surface area contributed by atoms with Gasteiger partial charge in [-0.25, -0.2) is 18.3 Å². The number of aliphatic hydroxyl groups is 1. The van der Waals surface area contributed by atoms with Gasteiger partial charge in [-0.05, 0) is 122 Å². The monoisotopic (exact) mass is 612 g/mol. The average molecular weight is 613 g/mol. The quantitative estimate of drug-likeness (QED) is 0.426. The number of carbonyl (C=O) groups excluding carboxylic acids is 2. The predicted octanol–water partition coefficient (Wildman–Crippen LogP) is 5.81. The van der Waals surface area contributed by atoms with Crippen molar-refractivity contribution in [3.63, 3.8) is 0 Å². The van der Waals surface area contributed by atoms with Gasteiger partial charge in [0.15, 0.2) is 11.7 Å². The summed E-state index contributed by atoms with van der Waals surface area (Å²) in [6.45, 7) is 4.69. The molecule has 5 aliphatic rings. The van der Waals surface area contributed by atoms with E-state index in [1.54, 1.807) is 12.1 Å². The zero-order valence-electron chi connectivity index (χ0n) is 24.6. The summed E-state index contributed by atoms with van der Waals surface area (Å²) in [5.41, 5.74) is 1.49. The van der Waals surface area contributed by atoms with Gasteiger partial charge >= 0.3 is 5.97 Å². The number of hydrogen-bond acceptors (Lipinski definition) is 7. The summed E-state index contributed by atoms with van der Waals surface area (Å²) in [5.74, 6) is -0.765. The van der Waals surface area contributed by atoms with Crippen LogP contribution in [0.15, 0.2) is 36.0 Å². The lowest BCUT2D eigenvalue weighted by Gasteiger charge is -2.60. The van der Waals surface area contributed by atoms with Crippen LogP contribution in [0.25, 0.3) is 11.8 Å². The van der Waals surface area contributed by atoms with Gasteiger partial charge in [0.2, 0.25) is 5.12 Å². The van der Waals surface area contributed by atoms with Crippen LogP contribution < -0.4 is 0 Å². The second-order valence-electron chi connectivity index (χ2n) is 13.6. The second kappa shape index (κ2) is 10.5. The molecule has 1 aliphatic heterocycles. The van der Waals surface area contributed by atoms with Crippen molar-refractivity contribution in [3.05, 3.63) is 53.1 Å². The Morgan fingerprint density at radius 1 is 1.21 bits per heavy atom. The molecular weight excluding hydrogens is 574 g/mol. The van der Waals surface area contributed by atoms with Crippen LogP contribution in [-0.2, 0) is 25.5 Å². The molecule has 3 saturated carbocycles. The van der Waals surface area contributed by atoms with Gasteiger partial charge in [0.1, 0.15) is 11.8 Å². The topological polar surface area (TPSA) is 90.7 Å². The lowest BCUT2D eigenvalue weighted by atomic mass is 9.45. The van der Waals surface area contributed by atoms with E-state index in [-0.39, 0.29) is 29.0 Å². The van der Waals surface area contributed by atoms with Gasteiger partial charge in [0.25, 0.3) is 0 Å². The van der Waals surface area contributed by atoms with E-state index in [1.165, 1.54) is 17.7 Å². The number of carbonyl (C=O) groups is 2. The Morgan fingerprint density at radius 3 is 2.72 bits per heavy atom. The zero-order chi connectivity index (χ0) is 30.1. The van der Waals surface area contributed by atoms with Crippen LogP contribution in [0.4, 0.5) is 8.78 Å². The molecule has 1 aromatic heterocycles. The number of nitrogens with zero attached hydrogens (tertiary/aromatic N) is 2. The number of aliphatic hydroxyl groups excluding tert-OH is 1. The Labute approximate surface area is 254 Å². The Kier molecular flexibility index (Phi) is 7.13. The standard InChI is InChI=1S/C33H38F2N2O5S/c1-31-15-19-17-36-37(22-8-6-21(35)7-9-22)25(19)14-20(31)5-10-23-24-11-12-33(30(40)43-18-34,32(24,2)16-26(38)28(23)31)42-29(39)27-4-3-13-41-27/h6-9,14,17,23-24,26-28,38H,3-5,10-13,15-16,18H2,1-2H3/t23-,24-,26-,27+,28+,31-,32-,33-/m0/s1. The fourth-order valence-electron chi connectivity index (χ4n) is 9.67. The van der Waals surface area contributed by atoms with Crippen molar-refractivity contribution in [1.82, 2.24) is 9.78 Å². The Balaban J connectivity index is 1.22. The summed E-state index contributed by atoms with van der Waals surface area (Å²) in [6.07, 6.45) is 7.59. The molecule has 0 unspecified atom stereocenters. The number of ether oxygens (including phenoxy) is 2. The van der Waals surface area contributed by atoms with Crippen LogP contribution in [0.3, 0.4) is 0 Å². The first-order valence-electron chi connectivity index (χ1n) is 15.4. The number of aromatic nitrogens is 2. The molecule has 4 aliphatic carbocycles. The summed E-state index contributed by atoms with van der Waals surface area (Å²) in [7, 11) is 0. The van der Waals surface area contributed by atoms with Gasteiger partial charge in [0, 0.05) is 12.0 Å². The van der Waals surface area contributed by atoms with E-state index < -0.39 is 40.3 Å². The maximum Gasteiger partial charge on any atom is 0.336 e. The number of halogens is 2. The predicted molar refractivity (Wildman–Crippen MR) is 157 cm³/mol. The highest BCUT2D eigenvalue weighted by Crippen LogP contribution is 2.69. The first-order valence-corrected chi connectivity index (χ1v) is 16.4. The molecular formula is C33H38F2N2O5S. The van der Waals surface area contributed by atoms with Crippen molar-refractivity contribution in [3.8, 4) is 5.69 Å². The molecule has 1 aromatic carbocycles. The van der Waals surface area contributed by atoms with E-state index in [0.29, 0.717) is 50.5 Å². The van der Waals surface area contributed by atoms with Crippen molar-refractivity contribution in [1.29, 1.82) is 0 Å². The molecule has 10 heteroatoms. The molecule has 43 heavy (non-hydrogen) atoms. The van der Waals surface area contributed by atoms with Gasteiger partial charge in [-0.2, -0.15) is 5.10 Å². The number of hydrogen-bond donors (Lipinski definition) is 1. The number of esters is 1. The highest BCUT2D eigenvalue weighted by atomic mass is 32.2. The first kappa shape index (κ1) is 29.2. The number of thioether (sulfide) groups is 1. The Morgan fingerprint density at radius 2 is 2.00 bits per heavy atom. The molecule has 4 fully saturated rings. The maximum atomic E-state index is 13.7. The maximum absolute atomic E-state index is 13.7. The molecule has 1 saturated heterocycles. The average Bonchev–Trinajstić information content (AvgIpc) is 3.71. The smallest absolute Gasteiger partial charge is 0.336 e. The van der Waals surface area contributed by atoms with Crippen molar-refractivity contribution in [2.45, 2.75) is 83.0 Å². The molecule has 1 N–H and O–H groups in total. The summed E-state index contributed by atoms with van der Waals surface area (Å²) < 4.78 is 40.8. The molecule has 2 heterocycles. The van der Waals surface area contributed by atoms with Crippen LogP contribution >= 0.6 is 11.8 Å². The molecule has 7 nitrogen and oxygen atoms in total. The minimum absolute atomic E-state index is 0.0315. The second-order valence-corrected chi connectivity index (χ2v) is 14.4. The molecule has 8 atom stereocenters. The van der Waals surface area contributed by atoms with Gasteiger partial charge in [0.05, 0.1) is 23.7 Å². The highest BCUT2D eigenvalue weighted by molar-refractivity contribution is 8.13. The number of alkyl halides is 1. The van der Waals surface area contributed by atoms with Gasteiger partial charge in [-0.1, -0.05) is 19.4 Å². The molecule has 230 valence electrons. The van der Waals surface area contributed by atoms with E-state index in [9.17, 15) is 23.5 Å². The van der Waals surface area contributed by atoms with Crippen LogP contribution in [0.2, 0.25) is 0 Å². The van der Waals surface area contributed by atoms with Gasteiger partial charge < -0.3 is 14.6 Å². The Bertz CT molecular complexity index is 1470. The van der Waals surface area contributed by atoms with E-state index in [0.717, 1.165) is 36.2 Å². The van der Waals surface area contributed by atoms with E-state index in [1.807, 2.05) is 17.8 Å². The third kappa shape index (κ3) is 4.30. The van der Waals surface area contributed by atoms with Crippen molar-refractivity contribution in [2.24, 2.45) is 28.6 Å². The largest absolute Gasteiger partial charge is 0.448 e. The zero-order valence-corrected chi connectivity index (χ0v) is 25.4. The summed E-state index contributed by atoms with van der Waals surface area (Å²) in [6, 6.07) is 5.41. The van der Waals surface area contributed by atoms with Crippen molar-refractivity contribution >= 4 is 28.9 Å². The molecule has 0 radical (unpaired) electrons. The van der Waals surface area contributed by atoms with Crippen molar-refractivity contribution in [2.75, 3.05) is 12.6 Å². The minimum atomic E-state index is -1.50. The van der Waals surface area contributed by atoms with E-state index in [4.69, 9.17) is 9.47 Å². The third-order valence-electron chi connectivity index (χ3n) is 11.6. The Hall–Kier alpha value is -2.56. The lowest BCUT2D eigenvalue weighted by molar-refractivity contribution is -0.202.